The number of carbonyl (C=O) groups is 1. The Labute approximate surface area is 193 Å². The number of nitrogens with two attached hydrogens (primary N) is 1. The largest absolute Gasteiger partial charge is 0.357 e. The molecule has 1 aromatic carbocycles. The summed E-state index contributed by atoms with van der Waals surface area (Å²) < 4.78 is 0. The topological polar surface area (TPSA) is 113 Å². The number of halogens is 2. The number of hydrogen-bond acceptors (Lipinski definition) is 6. The lowest BCUT2D eigenvalue weighted by molar-refractivity contribution is 0.102. The van der Waals surface area contributed by atoms with E-state index in [2.05, 4.69) is 37.3 Å². The quantitative estimate of drug-likeness (QED) is 0.531. The van der Waals surface area contributed by atoms with Crippen LogP contribution in [-0.2, 0) is 6.54 Å². The third-order valence-corrected chi connectivity index (χ3v) is 5.24. The van der Waals surface area contributed by atoms with Crippen LogP contribution in [0.1, 0.15) is 35.9 Å². The smallest absolute Gasteiger partial charge is 0.257 e. The van der Waals surface area contributed by atoms with Gasteiger partial charge in [0.2, 0.25) is 0 Å². The Morgan fingerprint density at radius 3 is 2.45 bits per heavy atom. The molecule has 1 aliphatic heterocycles. The van der Waals surface area contributed by atoms with Gasteiger partial charge in [-0.3, -0.25) is 9.89 Å². The van der Waals surface area contributed by atoms with Gasteiger partial charge >= 0.3 is 0 Å². The molecular weight excluding hydrogens is 437 g/mol. The van der Waals surface area contributed by atoms with Crippen LogP contribution in [-0.4, -0.2) is 39.2 Å². The van der Waals surface area contributed by atoms with Gasteiger partial charge in [0.25, 0.3) is 5.91 Å². The highest BCUT2D eigenvalue weighted by molar-refractivity contribution is 6.04. The van der Waals surface area contributed by atoms with Crippen LogP contribution in [0.3, 0.4) is 0 Å². The molecule has 0 saturated carbocycles. The number of pyridine rings is 1. The van der Waals surface area contributed by atoms with Gasteiger partial charge in [-0.25, -0.2) is 9.97 Å². The number of carbonyl (C=O) groups excluding carboxylic acids is 1. The van der Waals surface area contributed by atoms with Crippen LogP contribution in [0.4, 0.5) is 11.5 Å². The minimum Gasteiger partial charge on any atom is -0.357 e. The molecule has 1 amide bonds. The Hall–Kier alpha value is -2.68. The zero-order valence-corrected chi connectivity index (χ0v) is 18.9. The Balaban J connectivity index is 0.00000171. The van der Waals surface area contributed by atoms with E-state index < -0.39 is 0 Å². The molecule has 31 heavy (non-hydrogen) atoms. The van der Waals surface area contributed by atoms with E-state index in [-0.39, 0.29) is 30.7 Å². The number of H-pyrrole nitrogens is 1. The van der Waals surface area contributed by atoms with Gasteiger partial charge in [-0.2, -0.15) is 5.10 Å². The highest BCUT2D eigenvalue weighted by atomic mass is 35.5. The molecule has 1 saturated heterocycles. The van der Waals surface area contributed by atoms with E-state index in [1.807, 2.05) is 36.4 Å². The fourth-order valence-electron chi connectivity index (χ4n) is 3.37. The predicted octanol–water partition coefficient (Wildman–Crippen LogP) is 3.66. The minimum absolute atomic E-state index is 0. The standard InChI is InChI=1S/C21H25N7O.2ClH/c1-14-8-10-28(11-9-14)19-7-4-16(13-23-19)21(29)24-17-5-2-15(3-6-17)20-25-18(12-22)26-27-20;;/h2-7,13-14H,8-12,22H2,1H3,(H,24,29)(H,25,26,27);2*1H. The van der Waals surface area contributed by atoms with Gasteiger partial charge in [0, 0.05) is 30.5 Å². The summed E-state index contributed by atoms with van der Waals surface area (Å²) in [6, 6.07) is 11.1. The first-order chi connectivity index (χ1) is 14.1. The second-order valence-electron chi connectivity index (χ2n) is 7.42. The number of aromatic nitrogens is 4. The number of anilines is 2. The van der Waals surface area contributed by atoms with E-state index in [0.29, 0.717) is 29.4 Å². The molecule has 1 aliphatic rings. The molecule has 0 aliphatic carbocycles. The number of amides is 1. The maximum absolute atomic E-state index is 12.5. The van der Waals surface area contributed by atoms with Gasteiger partial charge in [0.05, 0.1) is 12.1 Å². The van der Waals surface area contributed by atoms with Crippen molar-refractivity contribution in [2.75, 3.05) is 23.3 Å². The molecular formula is C21H27Cl2N7O. The third kappa shape index (κ3) is 5.94. The first-order valence-electron chi connectivity index (χ1n) is 9.86. The van der Waals surface area contributed by atoms with Crippen molar-refractivity contribution in [2.45, 2.75) is 26.3 Å². The van der Waals surface area contributed by atoms with Crippen molar-refractivity contribution < 1.29 is 4.79 Å². The highest BCUT2D eigenvalue weighted by Crippen LogP contribution is 2.22. The number of aromatic amines is 1. The lowest BCUT2D eigenvalue weighted by Gasteiger charge is -2.31. The summed E-state index contributed by atoms with van der Waals surface area (Å²) in [5.41, 5.74) is 7.62. The van der Waals surface area contributed by atoms with Crippen molar-refractivity contribution in [3.63, 3.8) is 0 Å². The molecule has 8 nitrogen and oxygen atoms in total. The third-order valence-electron chi connectivity index (χ3n) is 5.24. The number of hydrogen-bond donors (Lipinski definition) is 3. The Morgan fingerprint density at radius 1 is 1.16 bits per heavy atom. The van der Waals surface area contributed by atoms with Crippen molar-refractivity contribution in [3.05, 3.63) is 54.0 Å². The zero-order chi connectivity index (χ0) is 20.2. The second-order valence-corrected chi connectivity index (χ2v) is 7.42. The molecule has 3 heterocycles. The summed E-state index contributed by atoms with van der Waals surface area (Å²) >= 11 is 0. The van der Waals surface area contributed by atoms with E-state index in [4.69, 9.17) is 5.73 Å². The molecule has 2 aromatic heterocycles. The lowest BCUT2D eigenvalue weighted by Crippen LogP contribution is -2.33. The molecule has 0 radical (unpaired) electrons. The fourth-order valence-corrected chi connectivity index (χ4v) is 3.37. The molecule has 10 heteroatoms. The maximum atomic E-state index is 12.5. The fraction of sp³-hybridized carbons (Fsp3) is 0.333. The van der Waals surface area contributed by atoms with Crippen molar-refractivity contribution in [3.8, 4) is 11.4 Å². The molecule has 3 aromatic rings. The number of benzene rings is 1. The SMILES string of the molecule is CC1CCN(c2ccc(C(=O)Nc3ccc(-c4n[nH]c(CN)n4)cc3)cn2)CC1.Cl.Cl. The number of nitrogens with one attached hydrogen (secondary N) is 2. The van der Waals surface area contributed by atoms with Crippen LogP contribution in [0.25, 0.3) is 11.4 Å². The van der Waals surface area contributed by atoms with Crippen LogP contribution >= 0.6 is 24.8 Å². The van der Waals surface area contributed by atoms with Gasteiger partial charge in [-0.05, 0) is 55.2 Å². The second kappa shape index (κ2) is 11.1. The average molecular weight is 464 g/mol. The molecule has 4 rings (SSSR count). The summed E-state index contributed by atoms with van der Waals surface area (Å²) in [5, 5.41) is 9.81. The molecule has 0 unspecified atom stereocenters. The normalized spacial score (nSPS) is 13.8. The molecule has 0 atom stereocenters. The molecule has 0 spiro atoms. The average Bonchev–Trinajstić information content (AvgIpc) is 3.24. The van der Waals surface area contributed by atoms with Crippen molar-refractivity contribution in [2.24, 2.45) is 11.7 Å². The lowest BCUT2D eigenvalue weighted by atomic mass is 9.99. The van der Waals surface area contributed by atoms with E-state index in [0.717, 1.165) is 30.4 Å². The van der Waals surface area contributed by atoms with Crippen LogP contribution < -0.4 is 16.0 Å². The monoisotopic (exact) mass is 463 g/mol. The Morgan fingerprint density at radius 2 is 1.87 bits per heavy atom. The molecule has 4 N–H and O–H groups in total. The first-order valence-corrected chi connectivity index (χ1v) is 9.86. The first kappa shape index (κ1) is 24.6. The Bertz CT molecular complexity index is 968. The van der Waals surface area contributed by atoms with Crippen molar-refractivity contribution in [1.29, 1.82) is 0 Å². The zero-order valence-electron chi connectivity index (χ0n) is 17.2. The van der Waals surface area contributed by atoms with Crippen LogP contribution in [0, 0.1) is 5.92 Å². The predicted molar refractivity (Wildman–Crippen MR) is 127 cm³/mol. The van der Waals surface area contributed by atoms with Crippen LogP contribution in [0.2, 0.25) is 0 Å². The Kier molecular flexibility index (Phi) is 8.79. The van der Waals surface area contributed by atoms with Gasteiger partial charge < -0.3 is 16.0 Å². The maximum Gasteiger partial charge on any atom is 0.257 e. The number of nitrogens with zero attached hydrogens (tertiary/aromatic N) is 4. The minimum atomic E-state index is -0.188. The molecule has 1 fully saturated rings. The number of rotatable bonds is 5. The van der Waals surface area contributed by atoms with E-state index in [1.165, 1.54) is 12.8 Å². The van der Waals surface area contributed by atoms with E-state index >= 15 is 0 Å². The summed E-state index contributed by atoms with van der Waals surface area (Å²) in [4.78, 5) is 23.6. The molecule has 166 valence electrons. The summed E-state index contributed by atoms with van der Waals surface area (Å²) in [6.07, 6.45) is 4.00. The van der Waals surface area contributed by atoms with Gasteiger partial charge in [-0.1, -0.05) is 6.92 Å². The van der Waals surface area contributed by atoms with Crippen molar-refractivity contribution in [1.82, 2.24) is 20.2 Å². The number of piperidine rings is 1. The van der Waals surface area contributed by atoms with Gasteiger partial charge in [0.1, 0.15) is 11.6 Å². The summed E-state index contributed by atoms with van der Waals surface area (Å²) in [7, 11) is 0. The van der Waals surface area contributed by atoms with Crippen molar-refractivity contribution >= 4 is 42.2 Å². The van der Waals surface area contributed by atoms with E-state index in [1.54, 1.807) is 6.20 Å². The van der Waals surface area contributed by atoms with E-state index in [9.17, 15) is 4.79 Å². The van der Waals surface area contributed by atoms with Gasteiger partial charge in [-0.15, -0.1) is 24.8 Å². The highest BCUT2D eigenvalue weighted by Gasteiger charge is 2.17. The molecule has 0 bridgehead atoms. The summed E-state index contributed by atoms with van der Waals surface area (Å²) in [6.45, 7) is 4.63. The summed E-state index contributed by atoms with van der Waals surface area (Å²) in [5.74, 6) is 2.73. The van der Waals surface area contributed by atoms with Crippen LogP contribution in [0.5, 0.6) is 0 Å². The van der Waals surface area contributed by atoms with Crippen LogP contribution in [0.15, 0.2) is 42.6 Å². The van der Waals surface area contributed by atoms with Gasteiger partial charge in [0.15, 0.2) is 5.82 Å².